The molecule has 2 heterocycles. The van der Waals surface area contributed by atoms with E-state index in [1.165, 1.54) is 99.5 Å². The highest BCUT2D eigenvalue weighted by molar-refractivity contribution is 6.13. The van der Waals surface area contributed by atoms with Crippen LogP contribution in [0.15, 0.2) is 198 Å². The molecule has 6 aromatic carbocycles. The Morgan fingerprint density at radius 3 is 1.75 bits per heavy atom. The summed E-state index contributed by atoms with van der Waals surface area (Å²) in [6.07, 6.45) is 9.96. The van der Waals surface area contributed by atoms with Crippen molar-refractivity contribution in [2.24, 2.45) is 0 Å². The second-order valence-electron chi connectivity index (χ2n) is 14.1. The maximum Gasteiger partial charge on any atom is 0.0541 e. The standard InChI is InChI=1S/C50H38N2/c1-4-38-32(3)39(5-2)50-40(20-14-21-42(38)50)35-25-28-49-45(31-35)44-30-34(24-27-48(44)52(49)37-17-10-7-11-18-37)33-23-26-47-43(29-33)41-19-12-13-22-46(41)51(47)36-15-8-6-9-16-36/h4-19,21-31,40H,1,20H2,2-3H3/b39-5-. The lowest BCUT2D eigenvalue weighted by Crippen LogP contribution is -2.07. The van der Waals surface area contributed by atoms with E-state index in [0.717, 1.165) is 6.42 Å². The third kappa shape index (κ3) is 4.44. The van der Waals surface area contributed by atoms with Crippen LogP contribution < -0.4 is 0 Å². The van der Waals surface area contributed by atoms with E-state index >= 15 is 0 Å². The predicted octanol–water partition coefficient (Wildman–Crippen LogP) is 13.4. The number of hydrogen-bond acceptors (Lipinski definition) is 0. The van der Waals surface area contributed by atoms with Gasteiger partial charge < -0.3 is 9.13 Å². The highest BCUT2D eigenvalue weighted by Gasteiger charge is 2.32. The molecular weight excluding hydrogens is 629 g/mol. The van der Waals surface area contributed by atoms with E-state index in [4.69, 9.17) is 0 Å². The number of hydrogen-bond donors (Lipinski definition) is 0. The van der Waals surface area contributed by atoms with Crippen molar-refractivity contribution in [1.82, 2.24) is 9.13 Å². The van der Waals surface area contributed by atoms with Crippen LogP contribution >= 0.6 is 0 Å². The summed E-state index contributed by atoms with van der Waals surface area (Å²) in [5.41, 5.74) is 17.7. The SMILES string of the molecule is C=CC1=C(C)/C(=C/C)C2=C1C=CCC2c1ccc2c(c1)c1cc(-c3ccc4c(c3)c3ccccc3n4-c3ccccc3)ccc1n2-c1ccccc1. The summed E-state index contributed by atoms with van der Waals surface area (Å²) in [7, 11) is 0. The highest BCUT2D eigenvalue weighted by Crippen LogP contribution is 2.49. The number of rotatable bonds is 5. The van der Waals surface area contributed by atoms with Crippen LogP contribution in [0.2, 0.25) is 0 Å². The van der Waals surface area contributed by atoms with Gasteiger partial charge in [0.25, 0.3) is 0 Å². The molecule has 0 spiro atoms. The molecule has 2 nitrogen and oxygen atoms in total. The first kappa shape index (κ1) is 30.4. The Labute approximate surface area is 304 Å². The second kappa shape index (κ2) is 11.9. The number of fused-ring (bicyclic) bond motifs is 6. The molecule has 2 aliphatic carbocycles. The molecule has 1 atom stereocenters. The van der Waals surface area contributed by atoms with Crippen LogP contribution in [0.3, 0.4) is 0 Å². The molecule has 0 radical (unpaired) electrons. The molecule has 248 valence electrons. The van der Waals surface area contributed by atoms with E-state index in [9.17, 15) is 0 Å². The van der Waals surface area contributed by atoms with Crippen molar-refractivity contribution in [3.63, 3.8) is 0 Å². The van der Waals surface area contributed by atoms with Crippen molar-refractivity contribution in [3.05, 3.63) is 204 Å². The van der Waals surface area contributed by atoms with Gasteiger partial charge in [-0.05, 0) is 132 Å². The smallest absolute Gasteiger partial charge is 0.0541 e. The van der Waals surface area contributed by atoms with Gasteiger partial charge in [-0.25, -0.2) is 0 Å². The zero-order valence-electron chi connectivity index (χ0n) is 29.5. The van der Waals surface area contributed by atoms with E-state index in [1.807, 2.05) is 6.08 Å². The Bertz CT molecular complexity index is 2890. The molecule has 2 aliphatic rings. The molecule has 2 heteroatoms. The summed E-state index contributed by atoms with van der Waals surface area (Å²) in [6.45, 7) is 8.59. The number of nitrogens with zero attached hydrogens (tertiary/aromatic N) is 2. The topological polar surface area (TPSA) is 9.86 Å². The van der Waals surface area contributed by atoms with E-state index < -0.39 is 0 Å². The predicted molar refractivity (Wildman–Crippen MR) is 221 cm³/mol. The molecule has 0 fully saturated rings. The number of para-hydroxylation sites is 3. The van der Waals surface area contributed by atoms with E-state index in [0.29, 0.717) is 0 Å². The van der Waals surface area contributed by atoms with Crippen LogP contribution in [-0.2, 0) is 0 Å². The molecule has 52 heavy (non-hydrogen) atoms. The van der Waals surface area contributed by atoms with Crippen molar-refractivity contribution in [1.29, 1.82) is 0 Å². The molecule has 2 aromatic heterocycles. The lowest BCUT2D eigenvalue weighted by Gasteiger charge is -2.24. The highest BCUT2D eigenvalue weighted by atomic mass is 15.0. The molecular formula is C50H38N2. The van der Waals surface area contributed by atoms with Crippen LogP contribution in [0.25, 0.3) is 66.1 Å². The Morgan fingerprint density at radius 1 is 0.596 bits per heavy atom. The van der Waals surface area contributed by atoms with Crippen molar-refractivity contribution >= 4 is 43.6 Å². The van der Waals surface area contributed by atoms with Crippen LogP contribution in [0, 0.1) is 0 Å². The van der Waals surface area contributed by atoms with Crippen LogP contribution in [0.5, 0.6) is 0 Å². The molecule has 0 saturated heterocycles. The number of benzene rings is 6. The van der Waals surface area contributed by atoms with Gasteiger partial charge in [0.1, 0.15) is 0 Å². The van der Waals surface area contributed by atoms with Crippen LogP contribution in [0.1, 0.15) is 31.7 Å². The van der Waals surface area contributed by atoms with Gasteiger partial charge in [0.05, 0.1) is 22.1 Å². The third-order valence-electron chi connectivity index (χ3n) is 11.4. The Morgan fingerprint density at radius 2 is 1.13 bits per heavy atom. The van der Waals surface area contributed by atoms with Gasteiger partial charge in [0.2, 0.25) is 0 Å². The summed E-state index contributed by atoms with van der Waals surface area (Å²) in [5.74, 6) is 0.283. The Kier molecular flexibility index (Phi) is 6.94. The van der Waals surface area contributed by atoms with Crippen molar-refractivity contribution in [3.8, 4) is 22.5 Å². The van der Waals surface area contributed by atoms with Gasteiger partial charge in [-0.1, -0.05) is 104 Å². The average Bonchev–Trinajstić information content (AvgIpc) is 3.81. The molecule has 10 rings (SSSR count). The fourth-order valence-corrected chi connectivity index (χ4v) is 9.07. The lowest BCUT2D eigenvalue weighted by atomic mass is 9.79. The van der Waals surface area contributed by atoms with Crippen molar-refractivity contribution in [2.45, 2.75) is 26.2 Å². The zero-order valence-corrected chi connectivity index (χ0v) is 29.5. The second-order valence-corrected chi connectivity index (χ2v) is 14.1. The maximum absolute atomic E-state index is 4.18. The molecule has 0 amide bonds. The quantitative estimate of drug-likeness (QED) is 0.173. The molecule has 0 bridgehead atoms. The van der Waals surface area contributed by atoms with Gasteiger partial charge in [0.15, 0.2) is 0 Å². The first-order valence-corrected chi connectivity index (χ1v) is 18.3. The maximum atomic E-state index is 4.18. The minimum absolute atomic E-state index is 0.283. The summed E-state index contributed by atoms with van der Waals surface area (Å²) >= 11 is 0. The van der Waals surface area contributed by atoms with E-state index in [2.05, 4.69) is 187 Å². The van der Waals surface area contributed by atoms with Gasteiger partial charge in [0, 0.05) is 38.8 Å². The minimum atomic E-state index is 0.283. The third-order valence-corrected chi connectivity index (χ3v) is 11.4. The fraction of sp³-hybridized carbons (Fsp3) is 0.0800. The van der Waals surface area contributed by atoms with Crippen molar-refractivity contribution in [2.75, 3.05) is 0 Å². The van der Waals surface area contributed by atoms with Crippen LogP contribution in [-0.4, -0.2) is 9.13 Å². The van der Waals surface area contributed by atoms with Gasteiger partial charge in [-0.2, -0.15) is 0 Å². The molecule has 0 N–H and O–H groups in total. The molecule has 1 unspecified atom stereocenters. The zero-order chi connectivity index (χ0) is 34.9. The normalized spacial score (nSPS) is 16.7. The first-order chi connectivity index (χ1) is 25.6. The molecule has 8 aromatic rings. The number of aromatic nitrogens is 2. The first-order valence-electron chi connectivity index (χ1n) is 18.3. The fourth-order valence-electron chi connectivity index (χ4n) is 9.07. The van der Waals surface area contributed by atoms with Gasteiger partial charge in [-0.3, -0.25) is 0 Å². The number of allylic oxidation sites excluding steroid dienone is 9. The molecule has 0 saturated carbocycles. The van der Waals surface area contributed by atoms with Crippen molar-refractivity contribution < 1.29 is 0 Å². The lowest BCUT2D eigenvalue weighted by molar-refractivity contribution is 0.806. The summed E-state index contributed by atoms with van der Waals surface area (Å²) < 4.78 is 4.81. The molecule has 0 aliphatic heterocycles. The summed E-state index contributed by atoms with van der Waals surface area (Å²) in [6, 6.07) is 51.4. The monoisotopic (exact) mass is 666 g/mol. The largest absolute Gasteiger partial charge is 0.309 e. The minimum Gasteiger partial charge on any atom is -0.309 e. The summed E-state index contributed by atoms with van der Waals surface area (Å²) in [5, 5.41) is 5.08. The van der Waals surface area contributed by atoms with Gasteiger partial charge in [-0.15, -0.1) is 0 Å². The van der Waals surface area contributed by atoms with E-state index in [1.54, 1.807) is 0 Å². The Balaban J connectivity index is 1.17. The summed E-state index contributed by atoms with van der Waals surface area (Å²) in [4.78, 5) is 0. The Hall–Kier alpha value is -6.38. The van der Waals surface area contributed by atoms with E-state index in [-0.39, 0.29) is 5.92 Å². The van der Waals surface area contributed by atoms with Crippen LogP contribution in [0.4, 0.5) is 0 Å². The average molecular weight is 667 g/mol. The van der Waals surface area contributed by atoms with Gasteiger partial charge >= 0.3 is 0 Å².